The highest BCUT2D eigenvalue weighted by Gasteiger charge is 2.20. The first kappa shape index (κ1) is 26.0. The Labute approximate surface area is 186 Å². The highest BCUT2D eigenvalue weighted by Crippen LogP contribution is 2.18. The van der Waals surface area contributed by atoms with Crippen LogP contribution in [0.15, 0.2) is 41.1 Å². The average Bonchev–Trinajstić information content (AvgIpc) is 3.23. The second-order valence-electron chi connectivity index (χ2n) is 6.48. The molecule has 2 aromatic rings. The number of carbonyl (C=O) groups is 1. The summed E-state index contributed by atoms with van der Waals surface area (Å²) >= 11 is 1.53. The van der Waals surface area contributed by atoms with E-state index in [1.165, 1.54) is 11.3 Å². The third-order valence-corrected chi connectivity index (χ3v) is 4.40. The maximum absolute atomic E-state index is 11.5. The summed E-state index contributed by atoms with van der Waals surface area (Å²) in [5.74, 6) is 1.71. The molecule has 1 atom stereocenters. The van der Waals surface area contributed by atoms with Crippen LogP contribution in [0.1, 0.15) is 13.3 Å². The minimum Gasteiger partial charge on any atom is -0.492 e. The Hall–Kier alpha value is -2.04. The predicted octanol–water partition coefficient (Wildman–Crippen LogP) is 1.80. The van der Waals surface area contributed by atoms with Crippen molar-refractivity contribution in [2.24, 2.45) is 0 Å². The van der Waals surface area contributed by atoms with Crippen molar-refractivity contribution in [3.8, 4) is 17.2 Å². The molecule has 1 aromatic carbocycles. The topological polar surface area (TPSA) is 109 Å². The number of benzene rings is 1. The summed E-state index contributed by atoms with van der Waals surface area (Å²) in [6, 6.07) is 8.78. The lowest BCUT2D eigenvalue weighted by atomic mass is 10.3. The summed E-state index contributed by atoms with van der Waals surface area (Å²) < 4.78 is 16.5. The van der Waals surface area contributed by atoms with E-state index in [0.29, 0.717) is 37.6 Å². The Bertz CT molecular complexity index is 713. The number of rotatable bonds is 14. The van der Waals surface area contributed by atoms with Crippen LogP contribution >= 0.6 is 23.7 Å². The van der Waals surface area contributed by atoms with Gasteiger partial charge in [-0.2, -0.15) is 0 Å². The van der Waals surface area contributed by atoms with Crippen molar-refractivity contribution in [3.63, 3.8) is 0 Å². The van der Waals surface area contributed by atoms with E-state index < -0.39 is 5.72 Å². The molecule has 10 heteroatoms. The second kappa shape index (κ2) is 14.1. The van der Waals surface area contributed by atoms with Crippen LogP contribution in [0.4, 0.5) is 0 Å². The molecular formula is C20H29ClN2O6S. The molecule has 2 rings (SSSR count). The van der Waals surface area contributed by atoms with Crippen molar-refractivity contribution >= 4 is 29.7 Å². The summed E-state index contributed by atoms with van der Waals surface area (Å²) in [5.41, 5.74) is -1.17. The monoisotopic (exact) mass is 460 g/mol. The van der Waals surface area contributed by atoms with E-state index in [-0.39, 0.29) is 38.1 Å². The van der Waals surface area contributed by atoms with E-state index in [4.69, 9.17) is 19.3 Å². The molecule has 4 N–H and O–H groups in total. The number of halogens is 1. The fraction of sp³-hybridized carbons (Fsp3) is 0.450. The summed E-state index contributed by atoms with van der Waals surface area (Å²) in [5, 5.41) is 28.4. The third kappa shape index (κ3) is 10.7. The molecule has 1 amide bonds. The highest BCUT2D eigenvalue weighted by molar-refractivity contribution is 7.08. The lowest BCUT2D eigenvalue weighted by Gasteiger charge is -2.24. The van der Waals surface area contributed by atoms with Crippen LogP contribution in [-0.2, 0) is 4.79 Å². The first-order valence-corrected chi connectivity index (χ1v) is 10.3. The number of thiophene rings is 1. The molecule has 0 saturated carbocycles. The van der Waals surface area contributed by atoms with Gasteiger partial charge in [0.05, 0.1) is 0 Å². The van der Waals surface area contributed by atoms with Crippen molar-refractivity contribution in [2.45, 2.75) is 19.1 Å². The van der Waals surface area contributed by atoms with Gasteiger partial charge in [-0.3, -0.25) is 10.1 Å². The van der Waals surface area contributed by atoms with Crippen LogP contribution < -0.4 is 24.8 Å². The number of hydrogen-bond donors (Lipinski definition) is 4. The number of aliphatic hydroxyl groups is 2. The van der Waals surface area contributed by atoms with E-state index in [2.05, 4.69) is 10.6 Å². The Kier molecular flexibility index (Phi) is 12.2. The quantitative estimate of drug-likeness (QED) is 0.251. The average molecular weight is 461 g/mol. The lowest BCUT2D eigenvalue weighted by molar-refractivity contribution is -0.123. The van der Waals surface area contributed by atoms with Gasteiger partial charge < -0.3 is 29.7 Å². The zero-order valence-corrected chi connectivity index (χ0v) is 18.5. The Morgan fingerprint density at radius 1 is 1.07 bits per heavy atom. The van der Waals surface area contributed by atoms with E-state index in [1.807, 2.05) is 16.8 Å². The third-order valence-electron chi connectivity index (χ3n) is 3.74. The van der Waals surface area contributed by atoms with Gasteiger partial charge in [-0.05, 0) is 49.1 Å². The van der Waals surface area contributed by atoms with Gasteiger partial charge in [0.2, 0.25) is 0 Å². The molecule has 30 heavy (non-hydrogen) atoms. The van der Waals surface area contributed by atoms with Gasteiger partial charge >= 0.3 is 0 Å². The molecule has 8 nitrogen and oxygen atoms in total. The maximum Gasteiger partial charge on any atom is 0.257 e. The number of carbonyl (C=O) groups excluding carboxylic acids is 1. The molecule has 0 saturated heterocycles. The number of ether oxygens (including phenoxy) is 3. The van der Waals surface area contributed by atoms with E-state index >= 15 is 0 Å². The number of nitrogens with one attached hydrogen (secondary N) is 2. The molecule has 168 valence electrons. The summed E-state index contributed by atoms with van der Waals surface area (Å²) in [7, 11) is 0. The van der Waals surface area contributed by atoms with Crippen molar-refractivity contribution in [3.05, 3.63) is 41.1 Å². The first-order chi connectivity index (χ1) is 14.0. The predicted molar refractivity (Wildman–Crippen MR) is 118 cm³/mol. The van der Waals surface area contributed by atoms with Gasteiger partial charge in [0.1, 0.15) is 36.2 Å². The van der Waals surface area contributed by atoms with Crippen molar-refractivity contribution in [1.82, 2.24) is 10.6 Å². The van der Waals surface area contributed by atoms with Crippen LogP contribution in [-0.4, -0.2) is 61.4 Å². The zero-order chi connectivity index (χ0) is 21.0. The van der Waals surface area contributed by atoms with Gasteiger partial charge in [-0.25, -0.2) is 0 Å². The Morgan fingerprint density at radius 3 is 2.40 bits per heavy atom. The molecule has 1 heterocycles. The second-order valence-corrected chi connectivity index (χ2v) is 7.26. The molecular weight excluding hydrogens is 432 g/mol. The molecule has 0 aliphatic heterocycles. The minimum absolute atomic E-state index is 0. The number of amides is 1. The Morgan fingerprint density at radius 2 is 1.77 bits per heavy atom. The van der Waals surface area contributed by atoms with E-state index in [9.17, 15) is 9.90 Å². The van der Waals surface area contributed by atoms with Crippen molar-refractivity contribution in [1.29, 1.82) is 0 Å². The fourth-order valence-electron chi connectivity index (χ4n) is 2.24. The molecule has 1 unspecified atom stereocenters. The molecule has 0 bridgehead atoms. The summed E-state index contributed by atoms with van der Waals surface area (Å²) in [6.07, 6.45) is 0.518. The van der Waals surface area contributed by atoms with Crippen LogP contribution in [0, 0.1) is 0 Å². The van der Waals surface area contributed by atoms with E-state index in [1.54, 1.807) is 31.2 Å². The lowest BCUT2D eigenvalue weighted by Crippen LogP contribution is -2.48. The molecule has 0 spiro atoms. The van der Waals surface area contributed by atoms with Gasteiger partial charge in [-0.15, -0.1) is 23.7 Å². The van der Waals surface area contributed by atoms with Gasteiger partial charge in [-0.1, -0.05) is 0 Å². The molecule has 0 radical (unpaired) electrons. The summed E-state index contributed by atoms with van der Waals surface area (Å²) in [6.45, 7) is 2.95. The highest BCUT2D eigenvalue weighted by atomic mass is 35.5. The van der Waals surface area contributed by atoms with Crippen LogP contribution in [0.25, 0.3) is 0 Å². The van der Waals surface area contributed by atoms with Crippen LogP contribution in [0.2, 0.25) is 0 Å². The van der Waals surface area contributed by atoms with Gasteiger partial charge in [0, 0.05) is 25.1 Å². The van der Waals surface area contributed by atoms with Crippen molar-refractivity contribution in [2.75, 3.05) is 39.5 Å². The molecule has 0 aliphatic rings. The smallest absolute Gasteiger partial charge is 0.257 e. The number of aliphatic hydroxyl groups excluding tert-OH is 1. The standard InChI is InChI=1S/C20H28N2O6S.ClH/c1-20(25,15-28-18-7-12-29-14-18)22-9-11-26-16-3-5-17(6-4-16)27-13-19(24)21-8-2-10-23;/h3-7,12,14,22-23,25H,2,8-11,13,15H2,1H3,(H,21,24);1H. The van der Waals surface area contributed by atoms with Gasteiger partial charge in [0.15, 0.2) is 6.61 Å². The fourth-order valence-corrected chi connectivity index (χ4v) is 2.81. The van der Waals surface area contributed by atoms with Gasteiger partial charge in [0.25, 0.3) is 5.91 Å². The minimum atomic E-state index is -1.17. The van der Waals surface area contributed by atoms with Crippen molar-refractivity contribution < 1.29 is 29.2 Å². The first-order valence-electron chi connectivity index (χ1n) is 9.34. The SMILES string of the molecule is CC(O)(COc1ccsc1)NCCOc1ccc(OCC(=O)NCCCO)cc1.Cl. The normalized spacial score (nSPS) is 12.4. The van der Waals surface area contributed by atoms with Crippen LogP contribution in [0.3, 0.4) is 0 Å². The maximum atomic E-state index is 11.5. The van der Waals surface area contributed by atoms with Crippen LogP contribution in [0.5, 0.6) is 17.2 Å². The largest absolute Gasteiger partial charge is 0.492 e. The Balaban J connectivity index is 0.00000450. The number of hydrogen-bond acceptors (Lipinski definition) is 8. The molecule has 0 aliphatic carbocycles. The zero-order valence-electron chi connectivity index (χ0n) is 16.8. The molecule has 1 aromatic heterocycles. The van der Waals surface area contributed by atoms with E-state index in [0.717, 1.165) is 5.75 Å². The molecule has 0 fully saturated rings. The summed E-state index contributed by atoms with van der Waals surface area (Å²) in [4.78, 5) is 11.5.